The lowest BCUT2D eigenvalue weighted by Gasteiger charge is -2.24. The Bertz CT molecular complexity index is 789. The number of nitrogens with zero attached hydrogens (tertiary/aromatic N) is 2. The minimum absolute atomic E-state index is 0.291. The molecule has 0 fully saturated rings. The average molecular weight is 397 g/mol. The highest BCUT2D eigenvalue weighted by Crippen LogP contribution is 2.29. The normalized spacial score (nSPS) is 15.6. The highest BCUT2D eigenvalue weighted by atomic mass is 16.7. The number of aryl methyl sites for hydroxylation is 1. The molecule has 29 heavy (non-hydrogen) atoms. The van der Waals surface area contributed by atoms with Crippen molar-refractivity contribution in [3.05, 3.63) is 41.7 Å². The Labute approximate surface area is 173 Å². The van der Waals surface area contributed by atoms with Gasteiger partial charge in [0.1, 0.15) is 5.75 Å². The Kier molecular flexibility index (Phi) is 8.03. The summed E-state index contributed by atoms with van der Waals surface area (Å²) in [6.45, 7) is 4.30. The molecule has 1 heterocycles. The van der Waals surface area contributed by atoms with Gasteiger partial charge in [-0.2, -0.15) is 0 Å². The SMILES string of the molecule is CCCCCCCC1CCc2nc(-c3ccc(OC(=O)OCC)cc3)ncc2C1. The van der Waals surface area contributed by atoms with Crippen molar-refractivity contribution in [3.8, 4) is 17.1 Å². The van der Waals surface area contributed by atoms with Crippen LogP contribution in [0.25, 0.3) is 11.4 Å². The summed E-state index contributed by atoms with van der Waals surface area (Å²) < 4.78 is 9.89. The van der Waals surface area contributed by atoms with Crippen molar-refractivity contribution in [1.82, 2.24) is 9.97 Å². The van der Waals surface area contributed by atoms with Gasteiger partial charge in [0.2, 0.25) is 0 Å². The zero-order chi connectivity index (χ0) is 20.5. The molecule has 1 aliphatic carbocycles. The van der Waals surface area contributed by atoms with Crippen molar-refractivity contribution < 1.29 is 14.3 Å². The van der Waals surface area contributed by atoms with Gasteiger partial charge in [-0.05, 0) is 61.9 Å². The maximum atomic E-state index is 11.4. The van der Waals surface area contributed by atoms with E-state index < -0.39 is 6.16 Å². The van der Waals surface area contributed by atoms with E-state index in [2.05, 4.69) is 11.9 Å². The summed E-state index contributed by atoms with van der Waals surface area (Å²) in [4.78, 5) is 20.8. The van der Waals surface area contributed by atoms with Crippen LogP contribution in [0, 0.1) is 5.92 Å². The zero-order valence-corrected chi connectivity index (χ0v) is 17.7. The summed E-state index contributed by atoms with van der Waals surface area (Å²) in [5.41, 5.74) is 3.41. The van der Waals surface area contributed by atoms with Crippen LogP contribution in [0.15, 0.2) is 30.5 Å². The molecule has 0 bridgehead atoms. The average Bonchev–Trinajstić information content (AvgIpc) is 2.74. The maximum Gasteiger partial charge on any atom is 0.513 e. The standard InChI is InChI=1S/C24H32N2O3/c1-3-5-6-7-8-9-18-10-15-22-20(16-18)17-25-23(26-22)19-11-13-21(14-12-19)29-24(27)28-4-2/h11-14,17-18H,3-10,15-16H2,1-2H3. The fourth-order valence-corrected chi connectivity index (χ4v) is 3.92. The summed E-state index contributed by atoms with van der Waals surface area (Å²) in [7, 11) is 0. The summed E-state index contributed by atoms with van der Waals surface area (Å²) in [6, 6.07) is 7.23. The summed E-state index contributed by atoms with van der Waals surface area (Å²) in [5, 5.41) is 0. The fraction of sp³-hybridized carbons (Fsp3) is 0.542. The van der Waals surface area contributed by atoms with Crippen LogP contribution in [0.5, 0.6) is 5.75 Å². The van der Waals surface area contributed by atoms with E-state index in [9.17, 15) is 4.79 Å². The van der Waals surface area contributed by atoms with Gasteiger partial charge in [-0.15, -0.1) is 0 Å². The third-order valence-electron chi connectivity index (χ3n) is 5.54. The van der Waals surface area contributed by atoms with Crippen LogP contribution in [0.2, 0.25) is 0 Å². The Morgan fingerprint density at radius 1 is 1.10 bits per heavy atom. The Hall–Kier alpha value is -2.43. The van der Waals surface area contributed by atoms with Gasteiger partial charge in [0.15, 0.2) is 5.82 Å². The quantitative estimate of drug-likeness (QED) is 0.289. The third kappa shape index (κ3) is 6.28. The van der Waals surface area contributed by atoms with E-state index in [4.69, 9.17) is 14.5 Å². The number of hydrogen-bond acceptors (Lipinski definition) is 5. The van der Waals surface area contributed by atoms with Crippen LogP contribution in [0.1, 0.15) is 70.1 Å². The first-order valence-electron chi connectivity index (χ1n) is 11.0. The molecule has 5 nitrogen and oxygen atoms in total. The smallest absolute Gasteiger partial charge is 0.434 e. The van der Waals surface area contributed by atoms with Gasteiger partial charge in [-0.1, -0.05) is 45.4 Å². The van der Waals surface area contributed by atoms with Gasteiger partial charge in [-0.25, -0.2) is 14.8 Å². The second-order valence-corrected chi connectivity index (χ2v) is 7.79. The number of rotatable bonds is 9. The number of aromatic nitrogens is 2. The van der Waals surface area contributed by atoms with Crippen molar-refractivity contribution in [1.29, 1.82) is 0 Å². The van der Waals surface area contributed by atoms with Gasteiger partial charge < -0.3 is 9.47 Å². The molecule has 0 spiro atoms. The first-order chi connectivity index (χ1) is 14.2. The van der Waals surface area contributed by atoms with Crippen LogP contribution < -0.4 is 4.74 Å². The molecule has 0 N–H and O–H groups in total. The van der Waals surface area contributed by atoms with Gasteiger partial charge in [-0.3, -0.25) is 0 Å². The van der Waals surface area contributed by atoms with Crippen LogP contribution in [-0.4, -0.2) is 22.7 Å². The molecule has 1 aromatic heterocycles. The highest BCUT2D eigenvalue weighted by molar-refractivity contribution is 5.65. The second kappa shape index (κ2) is 10.9. The van der Waals surface area contributed by atoms with E-state index in [0.717, 1.165) is 30.1 Å². The Balaban J connectivity index is 1.56. The minimum atomic E-state index is -0.690. The lowest BCUT2D eigenvalue weighted by atomic mass is 9.84. The van der Waals surface area contributed by atoms with E-state index in [0.29, 0.717) is 12.4 Å². The molecule has 3 rings (SSSR count). The lowest BCUT2D eigenvalue weighted by molar-refractivity contribution is 0.104. The van der Waals surface area contributed by atoms with E-state index >= 15 is 0 Å². The number of unbranched alkanes of at least 4 members (excludes halogenated alkanes) is 4. The number of fused-ring (bicyclic) bond motifs is 1. The Morgan fingerprint density at radius 2 is 1.90 bits per heavy atom. The minimum Gasteiger partial charge on any atom is -0.434 e. The molecule has 1 aliphatic rings. The van der Waals surface area contributed by atoms with Gasteiger partial charge in [0.25, 0.3) is 0 Å². The molecule has 1 unspecified atom stereocenters. The number of hydrogen-bond donors (Lipinski definition) is 0. The summed E-state index contributed by atoms with van der Waals surface area (Å²) in [5.74, 6) is 1.95. The second-order valence-electron chi connectivity index (χ2n) is 7.79. The molecule has 0 radical (unpaired) electrons. The highest BCUT2D eigenvalue weighted by Gasteiger charge is 2.20. The van der Waals surface area contributed by atoms with Crippen LogP contribution in [0.4, 0.5) is 4.79 Å². The lowest BCUT2D eigenvalue weighted by Crippen LogP contribution is -2.16. The predicted octanol–water partition coefficient (Wildman–Crippen LogP) is 6.14. The molecule has 0 aliphatic heterocycles. The van der Waals surface area contributed by atoms with Crippen molar-refractivity contribution >= 4 is 6.16 Å². The number of benzene rings is 1. The molecule has 1 aromatic carbocycles. The first-order valence-corrected chi connectivity index (χ1v) is 11.0. The number of carbonyl (C=O) groups is 1. The van der Waals surface area contributed by atoms with Crippen molar-refractivity contribution in [3.63, 3.8) is 0 Å². The fourth-order valence-electron chi connectivity index (χ4n) is 3.92. The number of carbonyl (C=O) groups excluding carboxylic acids is 1. The van der Waals surface area contributed by atoms with Gasteiger partial charge >= 0.3 is 6.16 Å². The predicted molar refractivity (Wildman–Crippen MR) is 114 cm³/mol. The maximum absolute atomic E-state index is 11.4. The van der Waals surface area contributed by atoms with Gasteiger partial charge in [0.05, 0.1) is 6.61 Å². The topological polar surface area (TPSA) is 61.3 Å². The zero-order valence-electron chi connectivity index (χ0n) is 17.7. The van der Waals surface area contributed by atoms with Crippen molar-refractivity contribution in [2.45, 2.75) is 71.6 Å². The van der Waals surface area contributed by atoms with Crippen LogP contribution in [0.3, 0.4) is 0 Å². The largest absolute Gasteiger partial charge is 0.513 e. The molecule has 0 amide bonds. The first kappa shape index (κ1) is 21.3. The molecular weight excluding hydrogens is 364 g/mol. The van der Waals surface area contributed by atoms with Gasteiger partial charge in [0, 0.05) is 17.5 Å². The van der Waals surface area contributed by atoms with Crippen molar-refractivity contribution in [2.24, 2.45) is 5.92 Å². The van der Waals surface area contributed by atoms with Crippen LogP contribution in [-0.2, 0) is 17.6 Å². The van der Waals surface area contributed by atoms with E-state index in [1.54, 1.807) is 19.1 Å². The Morgan fingerprint density at radius 3 is 2.66 bits per heavy atom. The number of ether oxygens (including phenoxy) is 2. The molecule has 0 saturated carbocycles. The molecular formula is C24H32N2O3. The third-order valence-corrected chi connectivity index (χ3v) is 5.54. The van der Waals surface area contributed by atoms with E-state index in [1.807, 2.05) is 18.3 Å². The molecule has 0 saturated heterocycles. The van der Waals surface area contributed by atoms with E-state index in [1.165, 1.54) is 56.2 Å². The van der Waals surface area contributed by atoms with Crippen LogP contribution >= 0.6 is 0 Å². The monoisotopic (exact) mass is 396 g/mol. The molecule has 156 valence electrons. The molecule has 2 aromatic rings. The molecule has 5 heteroatoms. The van der Waals surface area contributed by atoms with E-state index in [-0.39, 0.29) is 0 Å². The summed E-state index contributed by atoms with van der Waals surface area (Å²) in [6.07, 6.45) is 12.8. The molecule has 1 atom stereocenters. The van der Waals surface area contributed by atoms with Crippen molar-refractivity contribution in [2.75, 3.05) is 6.61 Å². The summed E-state index contributed by atoms with van der Waals surface area (Å²) >= 11 is 0.